The van der Waals surface area contributed by atoms with Crippen LogP contribution >= 0.6 is 0 Å². The lowest BCUT2D eigenvalue weighted by Crippen LogP contribution is -2.25. The normalized spacial score (nSPS) is 10.1. The third-order valence-electron chi connectivity index (χ3n) is 2.66. The lowest BCUT2D eigenvalue weighted by atomic mass is 10.1. The second kappa shape index (κ2) is 9.48. The summed E-state index contributed by atoms with van der Waals surface area (Å²) < 4.78 is 1.41. The fraction of sp³-hybridized carbons (Fsp3) is 0.222. The van der Waals surface area contributed by atoms with Crippen LogP contribution in [0.4, 0.5) is 0 Å². The van der Waals surface area contributed by atoms with Crippen molar-refractivity contribution in [2.45, 2.75) is 27.3 Å². The number of nitrogens with zero attached hydrogens (tertiary/aromatic N) is 1. The summed E-state index contributed by atoms with van der Waals surface area (Å²) in [5.74, 6) is -0.125. The number of rotatable bonds is 5. The zero-order chi connectivity index (χ0) is 16.4. The highest BCUT2D eigenvalue weighted by Crippen LogP contribution is 2.03. The third-order valence-corrected chi connectivity index (χ3v) is 2.66. The molecule has 0 aromatic carbocycles. The molecule has 3 heteroatoms. The molecule has 0 unspecified atom stereocenters. The predicted octanol–water partition coefficient (Wildman–Crippen LogP) is 3.61. The second-order valence-electron chi connectivity index (χ2n) is 4.62. The molecule has 0 radical (unpaired) electrons. The van der Waals surface area contributed by atoms with Crippen molar-refractivity contribution in [1.82, 2.24) is 4.57 Å². The van der Waals surface area contributed by atoms with E-state index < -0.39 is 0 Å². The molecular weight excluding hydrogens is 262 g/mol. The quantitative estimate of drug-likeness (QED) is 0.471. The number of carbonyl (C=O) groups excluding carboxylic acids is 1. The molecular formula is C18H23NO2. The Morgan fingerprint density at radius 2 is 1.90 bits per heavy atom. The molecule has 0 spiro atoms. The van der Waals surface area contributed by atoms with Gasteiger partial charge in [-0.15, -0.1) is 13.2 Å². The fourth-order valence-corrected chi connectivity index (χ4v) is 1.56. The molecule has 1 aromatic heterocycles. The van der Waals surface area contributed by atoms with Gasteiger partial charge in [-0.1, -0.05) is 36.4 Å². The van der Waals surface area contributed by atoms with Crippen molar-refractivity contribution in [2.75, 3.05) is 0 Å². The number of allylic oxidation sites excluding steroid dienone is 5. The van der Waals surface area contributed by atoms with Gasteiger partial charge in [0.05, 0.1) is 6.54 Å². The van der Waals surface area contributed by atoms with E-state index in [2.05, 4.69) is 19.7 Å². The van der Waals surface area contributed by atoms with Crippen LogP contribution in [0.25, 0.3) is 0 Å². The molecule has 0 amide bonds. The Balaban J connectivity index is 0.00000191. The zero-order valence-corrected chi connectivity index (χ0v) is 13.1. The highest BCUT2D eigenvalue weighted by atomic mass is 16.1. The van der Waals surface area contributed by atoms with Gasteiger partial charge in [-0.2, -0.15) is 0 Å². The van der Waals surface area contributed by atoms with Gasteiger partial charge >= 0.3 is 0 Å². The van der Waals surface area contributed by atoms with E-state index in [0.717, 1.165) is 5.57 Å². The van der Waals surface area contributed by atoms with E-state index in [1.807, 2.05) is 19.9 Å². The van der Waals surface area contributed by atoms with E-state index in [0.29, 0.717) is 11.1 Å². The molecule has 0 saturated heterocycles. The van der Waals surface area contributed by atoms with E-state index in [4.69, 9.17) is 0 Å². The fourth-order valence-electron chi connectivity index (χ4n) is 1.56. The average molecular weight is 285 g/mol. The number of carbonyl (C=O) groups is 1. The predicted molar refractivity (Wildman–Crippen MR) is 89.4 cm³/mol. The highest BCUT2D eigenvalue weighted by Gasteiger charge is 2.08. The minimum Gasteiger partial charge on any atom is -0.308 e. The van der Waals surface area contributed by atoms with Crippen LogP contribution in [-0.2, 0) is 11.3 Å². The van der Waals surface area contributed by atoms with Crippen LogP contribution in [0.2, 0.25) is 0 Å². The molecule has 1 heterocycles. The van der Waals surface area contributed by atoms with Crippen LogP contribution in [0.1, 0.15) is 19.4 Å². The first-order valence-corrected chi connectivity index (χ1v) is 6.62. The minimum atomic E-state index is -0.138. The molecule has 112 valence electrons. The summed E-state index contributed by atoms with van der Waals surface area (Å²) >= 11 is 0. The molecule has 0 saturated carbocycles. The number of aromatic nitrogens is 1. The Morgan fingerprint density at radius 1 is 1.29 bits per heavy atom. The summed E-state index contributed by atoms with van der Waals surface area (Å²) in [5, 5.41) is 0. The first-order valence-electron chi connectivity index (χ1n) is 6.62. The largest absolute Gasteiger partial charge is 0.308 e. The standard InChI is InChI=1S/C16H19NO2.C2H4/c1-5-14(9-8-12(2)3)15(18)11-17-10-6-7-13(4)16(17)19;1-2/h5-10H,1,11H2,2-4H3;1-2H2/b14-9+;. The Bertz CT molecular complexity index is 614. The van der Waals surface area contributed by atoms with Gasteiger partial charge in [-0.05, 0) is 26.8 Å². The Morgan fingerprint density at radius 3 is 2.43 bits per heavy atom. The van der Waals surface area contributed by atoms with Gasteiger partial charge in [0.2, 0.25) is 0 Å². The maximum atomic E-state index is 12.1. The molecule has 3 nitrogen and oxygen atoms in total. The van der Waals surface area contributed by atoms with Crippen LogP contribution in [0.3, 0.4) is 0 Å². The van der Waals surface area contributed by atoms with E-state index in [9.17, 15) is 9.59 Å². The first kappa shape index (κ1) is 18.6. The molecule has 0 aliphatic carbocycles. The van der Waals surface area contributed by atoms with Gasteiger partial charge in [0.1, 0.15) is 0 Å². The third kappa shape index (κ3) is 6.04. The SMILES string of the molecule is C=C.C=C/C(=C\C=C(C)C)C(=O)Cn1cccc(C)c1=O. The summed E-state index contributed by atoms with van der Waals surface area (Å²) in [6.07, 6.45) is 6.72. The Hall–Kier alpha value is -2.42. The van der Waals surface area contributed by atoms with Gasteiger partial charge < -0.3 is 4.57 Å². The van der Waals surface area contributed by atoms with Crippen LogP contribution in [0.5, 0.6) is 0 Å². The van der Waals surface area contributed by atoms with E-state index in [1.54, 1.807) is 31.3 Å². The Kier molecular flexibility index (Phi) is 8.39. The number of pyridine rings is 1. The molecule has 0 atom stereocenters. The molecule has 0 aliphatic heterocycles. The van der Waals surface area contributed by atoms with Crippen molar-refractivity contribution < 1.29 is 4.79 Å². The van der Waals surface area contributed by atoms with E-state index in [1.165, 1.54) is 10.6 Å². The van der Waals surface area contributed by atoms with Crippen molar-refractivity contribution in [3.8, 4) is 0 Å². The van der Waals surface area contributed by atoms with Gasteiger partial charge in [-0.3, -0.25) is 9.59 Å². The number of hydrogen-bond acceptors (Lipinski definition) is 2. The van der Waals surface area contributed by atoms with Gasteiger partial charge in [0.15, 0.2) is 5.78 Å². The van der Waals surface area contributed by atoms with Crippen molar-refractivity contribution in [3.05, 3.63) is 83.4 Å². The van der Waals surface area contributed by atoms with Crippen LogP contribution in [0, 0.1) is 6.92 Å². The zero-order valence-electron chi connectivity index (χ0n) is 13.1. The molecule has 0 aliphatic rings. The number of ketones is 1. The summed E-state index contributed by atoms with van der Waals surface area (Å²) in [5.41, 5.74) is 2.10. The molecule has 21 heavy (non-hydrogen) atoms. The summed E-state index contributed by atoms with van der Waals surface area (Å²) in [7, 11) is 0. The lowest BCUT2D eigenvalue weighted by Gasteiger charge is -2.06. The van der Waals surface area contributed by atoms with Crippen LogP contribution in [0.15, 0.2) is 72.2 Å². The highest BCUT2D eigenvalue weighted by molar-refractivity contribution is 5.97. The molecule has 0 fully saturated rings. The second-order valence-corrected chi connectivity index (χ2v) is 4.62. The minimum absolute atomic E-state index is 0.0367. The Labute approximate surface area is 126 Å². The first-order chi connectivity index (χ1) is 9.95. The smallest absolute Gasteiger partial charge is 0.253 e. The number of aryl methyl sites for hydroxylation is 1. The van der Waals surface area contributed by atoms with Crippen LogP contribution in [-0.4, -0.2) is 10.4 Å². The van der Waals surface area contributed by atoms with E-state index in [-0.39, 0.29) is 17.9 Å². The molecule has 1 rings (SSSR count). The number of hydrogen-bond donors (Lipinski definition) is 0. The van der Waals surface area contributed by atoms with E-state index >= 15 is 0 Å². The summed E-state index contributed by atoms with van der Waals surface area (Å²) in [4.78, 5) is 23.9. The van der Waals surface area contributed by atoms with Crippen molar-refractivity contribution in [1.29, 1.82) is 0 Å². The van der Waals surface area contributed by atoms with Gasteiger partial charge in [-0.25, -0.2) is 0 Å². The van der Waals surface area contributed by atoms with Crippen molar-refractivity contribution in [3.63, 3.8) is 0 Å². The monoisotopic (exact) mass is 285 g/mol. The topological polar surface area (TPSA) is 39.1 Å². The summed E-state index contributed by atoms with van der Waals surface area (Å²) in [6.45, 7) is 15.3. The van der Waals surface area contributed by atoms with Crippen molar-refractivity contribution >= 4 is 5.78 Å². The molecule has 1 aromatic rings. The van der Waals surface area contributed by atoms with Crippen LogP contribution < -0.4 is 5.56 Å². The maximum Gasteiger partial charge on any atom is 0.253 e. The van der Waals surface area contributed by atoms with Gasteiger partial charge in [0, 0.05) is 17.3 Å². The molecule has 0 bridgehead atoms. The van der Waals surface area contributed by atoms with Crippen molar-refractivity contribution in [2.24, 2.45) is 0 Å². The lowest BCUT2D eigenvalue weighted by molar-refractivity contribution is -0.115. The average Bonchev–Trinajstić information content (AvgIpc) is 2.46. The summed E-state index contributed by atoms with van der Waals surface area (Å²) in [6, 6.07) is 3.49. The van der Waals surface area contributed by atoms with Gasteiger partial charge in [0.25, 0.3) is 5.56 Å². The number of Topliss-reactive ketones (excluding diaryl/α,β-unsaturated/α-hetero) is 1. The maximum absolute atomic E-state index is 12.1. The molecule has 0 N–H and O–H groups in total.